The lowest BCUT2D eigenvalue weighted by atomic mass is 10.0. The van der Waals surface area contributed by atoms with Gasteiger partial charge in [-0.05, 0) is 55.2 Å². The Morgan fingerprint density at radius 3 is 2.46 bits per heavy atom. The maximum atomic E-state index is 13.4. The molecule has 0 saturated heterocycles. The van der Waals surface area contributed by atoms with E-state index in [1.54, 1.807) is 13.1 Å². The normalized spacial score (nSPS) is 11.5. The second kappa shape index (κ2) is 10.9. The molecule has 11 heteroatoms. The zero-order valence-electron chi connectivity index (χ0n) is 20.1. The second-order valence-electron chi connectivity index (χ2n) is 8.16. The standard InChI is InChI=1S/C24H29FN4O5S/c1-5-16-14-19-20(23(31)26-3)21(17-8-10-18(25)11-9-17)34-24(19)27-22(16)28-35(32,33)13-7-6-12-29(4)15(2)30/h8-11,14H,5-7,12-13H2,1-4H3,(H,26,31)(H,27,28). The minimum absolute atomic E-state index is 0.0781. The number of hydrogen-bond acceptors (Lipinski definition) is 6. The molecule has 0 bridgehead atoms. The summed E-state index contributed by atoms with van der Waals surface area (Å²) in [6, 6.07) is 7.19. The van der Waals surface area contributed by atoms with Crippen molar-refractivity contribution in [3.63, 3.8) is 0 Å². The molecule has 9 nitrogen and oxygen atoms in total. The van der Waals surface area contributed by atoms with Gasteiger partial charge in [-0.1, -0.05) is 6.92 Å². The quantitative estimate of drug-likeness (QED) is 0.407. The molecule has 0 radical (unpaired) electrons. The Morgan fingerprint density at radius 2 is 1.86 bits per heavy atom. The van der Waals surface area contributed by atoms with E-state index in [9.17, 15) is 22.4 Å². The average Bonchev–Trinajstić information content (AvgIpc) is 3.18. The van der Waals surface area contributed by atoms with E-state index < -0.39 is 21.7 Å². The predicted octanol–water partition coefficient (Wildman–Crippen LogP) is 3.56. The summed E-state index contributed by atoms with van der Waals surface area (Å²) >= 11 is 0. The zero-order valence-corrected chi connectivity index (χ0v) is 21.0. The molecule has 3 aromatic rings. The summed E-state index contributed by atoms with van der Waals surface area (Å²) in [5.74, 6) is -0.708. The third-order valence-electron chi connectivity index (χ3n) is 5.65. The number of carbonyl (C=O) groups is 2. The number of aromatic nitrogens is 1. The van der Waals surface area contributed by atoms with Crippen molar-refractivity contribution in [2.75, 3.05) is 31.1 Å². The number of benzene rings is 1. The number of nitrogens with zero attached hydrogens (tertiary/aromatic N) is 2. The number of furan rings is 1. The fourth-order valence-corrected chi connectivity index (χ4v) is 4.73. The molecule has 2 heterocycles. The van der Waals surface area contributed by atoms with Crippen LogP contribution in [0.3, 0.4) is 0 Å². The number of rotatable bonds is 10. The summed E-state index contributed by atoms with van der Waals surface area (Å²) in [4.78, 5) is 29.9. The lowest BCUT2D eigenvalue weighted by molar-refractivity contribution is -0.127. The molecule has 0 aliphatic rings. The van der Waals surface area contributed by atoms with Crippen molar-refractivity contribution in [3.05, 3.63) is 47.3 Å². The number of fused-ring (bicyclic) bond motifs is 1. The Hall–Kier alpha value is -3.47. The molecule has 35 heavy (non-hydrogen) atoms. The number of hydrogen-bond donors (Lipinski definition) is 2. The highest BCUT2D eigenvalue weighted by Gasteiger charge is 2.25. The number of aryl methyl sites for hydroxylation is 1. The van der Waals surface area contributed by atoms with E-state index in [-0.39, 0.29) is 34.5 Å². The Labute approximate surface area is 203 Å². The molecule has 1 aromatic carbocycles. The lowest BCUT2D eigenvalue weighted by Gasteiger charge is -2.14. The van der Waals surface area contributed by atoms with Crippen LogP contribution in [0.1, 0.15) is 42.6 Å². The van der Waals surface area contributed by atoms with Crippen molar-refractivity contribution in [2.45, 2.75) is 33.1 Å². The monoisotopic (exact) mass is 504 g/mol. The van der Waals surface area contributed by atoms with Crippen LogP contribution in [0.5, 0.6) is 0 Å². The fraction of sp³-hybridized carbons (Fsp3) is 0.375. The predicted molar refractivity (Wildman–Crippen MR) is 132 cm³/mol. The topological polar surface area (TPSA) is 122 Å². The van der Waals surface area contributed by atoms with Gasteiger partial charge in [0.15, 0.2) is 0 Å². The molecule has 3 rings (SSSR count). The van der Waals surface area contributed by atoms with Crippen LogP contribution in [-0.2, 0) is 21.2 Å². The number of pyridine rings is 1. The molecule has 0 aliphatic carbocycles. The maximum Gasteiger partial charge on any atom is 0.255 e. The van der Waals surface area contributed by atoms with E-state index in [1.165, 1.54) is 43.1 Å². The van der Waals surface area contributed by atoms with E-state index in [4.69, 9.17) is 4.42 Å². The van der Waals surface area contributed by atoms with Crippen molar-refractivity contribution in [1.29, 1.82) is 0 Å². The van der Waals surface area contributed by atoms with Crippen LogP contribution in [0, 0.1) is 5.82 Å². The molecule has 0 unspecified atom stereocenters. The summed E-state index contributed by atoms with van der Waals surface area (Å²) in [5, 5.41) is 3.00. The minimum atomic E-state index is -3.71. The van der Waals surface area contributed by atoms with Crippen molar-refractivity contribution < 1.29 is 26.8 Å². The molecular formula is C24H29FN4O5S. The molecule has 0 atom stereocenters. The van der Waals surface area contributed by atoms with Gasteiger partial charge in [-0.2, -0.15) is 4.98 Å². The van der Waals surface area contributed by atoms with Gasteiger partial charge in [0.25, 0.3) is 5.91 Å². The maximum absolute atomic E-state index is 13.4. The van der Waals surface area contributed by atoms with E-state index in [2.05, 4.69) is 15.0 Å². The van der Waals surface area contributed by atoms with Crippen LogP contribution in [0.4, 0.5) is 10.2 Å². The van der Waals surface area contributed by atoms with Gasteiger partial charge in [0, 0.05) is 33.1 Å². The number of nitrogens with one attached hydrogen (secondary N) is 2. The number of unbranched alkanes of at least 4 members (excludes halogenated alkanes) is 1. The average molecular weight is 505 g/mol. The first-order valence-corrected chi connectivity index (χ1v) is 12.9. The number of anilines is 1. The van der Waals surface area contributed by atoms with E-state index in [0.717, 1.165) is 0 Å². The first-order chi connectivity index (χ1) is 16.6. The van der Waals surface area contributed by atoms with Crippen LogP contribution in [-0.4, -0.2) is 56.5 Å². The molecule has 2 aromatic heterocycles. The van der Waals surface area contributed by atoms with E-state index in [1.807, 2.05) is 6.92 Å². The lowest BCUT2D eigenvalue weighted by Crippen LogP contribution is -2.25. The van der Waals surface area contributed by atoms with Gasteiger partial charge < -0.3 is 14.6 Å². The summed E-state index contributed by atoms with van der Waals surface area (Å²) in [7, 11) is -0.562. The second-order valence-corrected chi connectivity index (χ2v) is 10.0. The largest absolute Gasteiger partial charge is 0.437 e. The Balaban J connectivity index is 1.93. The molecular weight excluding hydrogens is 475 g/mol. The molecule has 2 amide bonds. The zero-order chi connectivity index (χ0) is 25.8. The van der Waals surface area contributed by atoms with Crippen LogP contribution in [0.15, 0.2) is 34.7 Å². The summed E-state index contributed by atoms with van der Waals surface area (Å²) in [6.45, 7) is 3.77. The van der Waals surface area contributed by atoms with Crippen LogP contribution < -0.4 is 10.0 Å². The minimum Gasteiger partial charge on any atom is -0.437 e. The Bertz CT molecular complexity index is 1340. The highest BCUT2D eigenvalue weighted by atomic mass is 32.2. The molecule has 0 spiro atoms. The van der Waals surface area contributed by atoms with Gasteiger partial charge in [0.2, 0.25) is 21.6 Å². The first kappa shape index (κ1) is 26.1. The SMILES string of the molecule is CCc1cc2c(C(=O)NC)c(-c3ccc(F)cc3)oc2nc1NS(=O)(=O)CCCCN(C)C(C)=O. The molecule has 188 valence electrons. The summed E-state index contributed by atoms with van der Waals surface area (Å²) in [6.07, 6.45) is 1.36. The van der Waals surface area contributed by atoms with Crippen LogP contribution in [0.2, 0.25) is 0 Å². The number of sulfonamides is 1. The molecule has 0 fully saturated rings. The Kier molecular flexibility index (Phi) is 8.11. The highest BCUT2D eigenvalue weighted by molar-refractivity contribution is 7.92. The van der Waals surface area contributed by atoms with E-state index >= 15 is 0 Å². The molecule has 0 aliphatic heterocycles. The third kappa shape index (κ3) is 6.16. The van der Waals surface area contributed by atoms with Gasteiger partial charge in [0.1, 0.15) is 17.4 Å². The Morgan fingerprint density at radius 1 is 1.17 bits per heavy atom. The third-order valence-corrected chi connectivity index (χ3v) is 6.98. The van der Waals surface area contributed by atoms with Crippen LogP contribution in [0.25, 0.3) is 22.4 Å². The highest BCUT2D eigenvalue weighted by Crippen LogP contribution is 2.35. The summed E-state index contributed by atoms with van der Waals surface area (Å²) < 4.78 is 47.2. The van der Waals surface area contributed by atoms with Gasteiger partial charge in [-0.15, -0.1) is 0 Å². The fourth-order valence-electron chi connectivity index (χ4n) is 3.57. The van der Waals surface area contributed by atoms with E-state index in [0.29, 0.717) is 42.3 Å². The first-order valence-electron chi connectivity index (χ1n) is 11.2. The summed E-state index contributed by atoms with van der Waals surface area (Å²) in [5.41, 5.74) is 1.40. The molecule has 0 saturated carbocycles. The smallest absolute Gasteiger partial charge is 0.255 e. The number of halogens is 1. The van der Waals surface area contributed by atoms with Crippen molar-refractivity contribution >= 4 is 38.8 Å². The van der Waals surface area contributed by atoms with Gasteiger partial charge in [-0.3, -0.25) is 14.3 Å². The van der Waals surface area contributed by atoms with Crippen molar-refractivity contribution in [1.82, 2.24) is 15.2 Å². The van der Waals surface area contributed by atoms with Gasteiger partial charge in [0.05, 0.1) is 16.7 Å². The van der Waals surface area contributed by atoms with Crippen molar-refractivity contribution in [3.8, 4) is 11.3 Å². The van der Waals surface area contributed by atoms with Crippen molar-refractivity contribution in [2.24, 2.45) is 0 Å². The van der Waals surface area contributed by atoms with Gasteiger partial charge in [-0.25, -0.2) is 12.8 Å². The van der Waals surface area contributed by atoms with Gasteiger partial charge >= 0.3 is 0 Å². The number of carbonyl (C=O) groups excluding carboxylic acids is 2. The van der Waals surface area contributed by atoms with Crippen LogP contribution >= 0.6 is 0 Å². The molecule has 2 N–H and O–H groups in total. The number of amides is 2.